The number of nitriles is 1. The van der Waals surface area contributed by atoms with Gasteiger partial charge in [-0.3, -0.25) is 9.69 Å². The van der Waals surface area contributed by atoms with Gasteiger partial charge in [0.2, 0.25) is 5.91 Å². The first-order chi connectivity index (χ1) is 11.7. The highest BCUT2D eigenvalue weighted by Gasteiger charge is 2.41. The number of carbonyl (C=O) groups is 1. The van der Waals surface area contributed by atoms with Crippen LogP contribution in [0.4, 0.5) is 0 Å². The normalized spacial score (nSPS) is 23.8. The van der Waals surface area contributed by atoms with Gasteiger partial charge in [-0.05, 0) is 32.1 Å². The van der Waals surface area contributed by atoms with Gasteiger partial charge in [0.25, 0.3) is 0 Å². The molecule has 2 aliphatic heterocycles. The molecule has 2 heterocycles. The zero-order chi connectivity index (χ0) is 18.6. The number of β-amino-alcohol motifs (C(OH)–C–C–N with tert-alkyl or cyclic N) is 1. The number of aliphatic hydroxyl groups excluding tert-OH is 1. The van der Waals surface area contributed by atoms with E-state index < -0.39 is 6.10 Å². The maximum absolute atomic E-state index is 12.3. The van der Waals surface area contributed by atoms with Crippen LogP contribution in [0.3, 0.4) is 0 Å². The number of amides is 1. The predicted octanol–water partition coefficient (Wildman–Crippen LogP) is 1.21. The number of hydrogen-bond donors (Lipinski definition) is 2. The van der Waals surface area contributed by atoms with Crippen molar-refractivity contribution in [3.63, 3.8) is 0 Å². The van der Waals surface area contributed by atoms with Gasteiger partial charge in [-0.15, -0.1) is 0 Å². The fourth-order valence-corrected chi connectivity index (χ4v) is 4.02. The molecule has 0 bridgehead atoms. The summed E-state index contributed by atoms with van der Waals surface area (Å²) in [5, 5.41) is 22.1. The summed E-state index contributed by atoms with van der Waals surface area (Å²) in [5.41, 5.74) is 0.0602. The highest BCUT2D eigenvalue weighted by molar-refractivity contribution is 5.78. The van der Waals surface area contributed by atoms with Crippen molar-refractivity contribution >= 4 is 5.91 Å². The largest absolute Gasteiger partial charge is 0.390 e. The molecule has 0 aromatic rings. The van der Waals surface area contributed by atoms with Gasteiger partial charge in [-0.25, -0.2) is 0 Å². The van der Waals surface area contributed by atoms with Crippen molar-refractivity contribution < 1.29 is 9.90 Å². The highest BCUT2D eigenvalue weighted by Crippen LogP contribution is 2.35. The molecule has 0 aromatic heterocycles. The summed E-state index contributed by atoms with van der Waals surface area (Å²) in [6.45, 7) is 12.2. The molecule has 2 rings (SSSR count). The van der Waals surface area contributed by atoms with Crippen LogP contribution >= 0.6 is 0 Å². The van der Waals surface area contributed by atoms with Crippen LogP contribution in [0.15, 0.2) is 0 Å². The lowest BCUT2D eigenvalue weighted by molar-refractivity contribution is -0.128. The third-order valence-corrected chi connectivity index (χ3v) is 5.47. The predicted molar refractivity (Wildman–Crippen MR) is 97.8 cm³/mol. The average Bonchev–Trinajstić information content (AvgIpc) is 2.78. The van der Waals surface area contributed by atoms with E-state index in [1.807, 2.05) is 18.7 Å². The first kappa shape index (κ1) is 20.2. The fraction of sp³-hybridized carbons (Fsp3) is 0.895. The zero-order valence-electron chi connectivity index (χ0n) is 16.2. The van der Waals surface area contributed by atoms with Crippen molar-refractivity contribution in [2.75, 3.05) is 32.7 Å². The van der Waals surface area contributed by atoms with Gasteiger partial charge >= 0.3 is 0 Å². The number of likely N-dealkylation sites (tertiary alicyclic amines) is 2. The molecule has 0 aliphatic carbocycles. The number of hydrogen-bond acceptors (Lipinski definition) is 5. The molecule has 142 valence electrons. The Hall–Kier alpha value is -1.16. The van der Waals surface area contributed by atoms with E-state index in [-0.39, 0.29) is 11.4 Å². The minimum Gasteiger partial charge on any atom is -0.390 e. The molecule has 25 heavy (non-hydrogen) atoms. The standard InChI is InChI=1S/C19H34N4O2/c1-14(2)21-9-17(24)13-22-10-16(7-18(22)25)8-19(3,4)23-11-15(12-23)5-6-20/h14-17,21,24H,5,7-13H2,1-4H3. The summed E-state index contributed by atoms with van der Waals surface area (Å²) in [6.07, 6.45) is 1.70. The number of nitrogens with zero attached hydrogens (tertiary/aromatic N) is 3. The summed E-state index contributed by atoms with van der Waals surface area (Å²) in [7, 11) is 0. The highest BCUT2D eigenvalue weighted by atomic mass is 16.3. The average molecular weight is 351 g/mol. The molecule has 2 atom stereocenters. The first-order valence-corrected chi connectivity index (χ1v) is 9.52. The molecule has 1 amide bonds. The third kappa shape index (κ3) is 5.67. The molecule has 2 fully saturated rings. The van der Waals surface area contributed by atoms with E-state index in [0.717, 1.165) is 26.1 Å². The number of nitrogens with one attached hydrogen (secondary N) is 1. The fourth-order valence-electron chi connectivity index (χ4n) is 4.02. The van der Waals surface area contributed by atoms with Crippen molar-refractivity contribution in [2.45, 2.75) is 64.6 Å². The van der Waals surface area contributed by atoms with Crippen molar-refractivity contribution in [3.05, 3.63) is 0 Å². The van der Waals surface area contributed by atoms with Crippen molar-refractivity contribution in [1.29, 1.82) is 5.26 Å². The van der Waals surface area contributed by atoms with E-state index in [4.69, 9.17) is 5.26 Å². The smallest absolute Gasteiger partial charge is 0.223 e. The van der Waals surface area contributed by atoms with Crippen molar-refractivity contribution in [3.8, 4) is 6.07 Å². The second-order valence-electron chi connectivity index (χ2n) is 8.74. The maximum Gasteiger partial charge on any atom is 0.223 e. The second kappa shape index (κ2) is 8.48. The Morgan fingerprint density at radius 1 is 1.32 bits per heavy atom. The van der Waals surface area contributed by atoms with E-state index in [2.05, 4.69) is 30.1 Å². The number of rotatable bonds is 9. The molecule has 6 nitrogen and oxygen atoms in total. The zero-order valence-corrected chi connectivity index (χ0v) is 16.2. The lowest BCUT2D eigenvalue weighted by Crippen LogP contribution is -2.57. The molecule has 2 aliphatic rings. The third-order valence-electron chi connectivity index (χ3n) is 5.47. The maximum atomic E-state index is 12.3. The molecule has 0 radical (unpaired) electrons. The molecular weight excluding hydrogens is 316 g/mol. The summed E-state index contributed by atoms with van der Waals surface area (Å²) < 4.78 is 0. The van der Waals surface area contributed by atoms with Crippen molar-refractivity contribution in [2.24, 2.45) is 11.8 Å². The molecule has 0 spiro atoms. The van der Waals surface area contributed by atoms with E-state index >= 15 is 0 Å². The van der Waals surface area contributed by atoms with Gasteiger partial charge in [0.1, 0.15) is 0 Å². The summed E-state index contributed by atoms with van der Waals surface area (Å²) in [6, 6.07) is 2.59. The van der Waals surface area contributed by atoms with Crippen LogP contribution in [-0.2, 0) is 4.79 Å². The monoisotopic (exact) mass is 350 g/mol. The van der Waals surface area contributed by atoms with Crippen LogP contribution in [0.1, 0.15) is 47.0 Å². The Balaban J connectivity index is 1.77. The van der Waals surface area contributed by atoms with Gasteiger partial charge in [-0.1, -0.05) is 13.8 Å². The van der Waals surface area contributed by atoms with Crippen LogP contribution in [0.5, 0.6) is 0 Å². The van der Waals surface area contributed by atoms with Crippen LogP contribution < -0.4 is 5.32 Å². The topological polar surface area (TPSA) is 79.6 Å². The van der Waals surface area contributed by atoms with E-state index in [1.165, 1.54) is 0 Å². The minimum atomic E-state index is -0.514. The number of carbonyl (C=O) groups excluding carboxylic acids is 1. The van der Waals surface area contributed by atoms with E-state index in [0.29, 0.717) is 43.8 Å². The SMILES string of the molecule is CC(C)NCC(O)CN1CC(CC(C)(C)N2CC(CC#N)C2)CC1=O. The Morgan fingerprint density at radius 3 is 2.60 bits per heavy atom. The molecule has 0 saturated carbocycles. The Morgan fingerprint density at radius 2 is 2.00 bits per heavy atom. The molecule has 6 heteroatoms. The first-order valence-electron chi connectivity index (χ1n) is 9.52. The second-order valence-corrected chi connectivity index (χ2v) is 8.74. The number of aliphatic hydroxyl groups is 1. The van der Waals surface area contributed by atoms with Crippen LogP contribution in [0, 0.1) is 23.2 Å². The molecule has 2 saturated heterocycles. The molecular formula is C19H34N4O2. The van der Waals surface area contributed by atoms with Gasteiger partial charge in [-0.2, -0.15) is 5.26 Å². The molecule has 2 N–H and O–H groups in total. The van der Waals surface area contributed by atoms with E-state index in [1.54, 1.807) is 0 Å². The van der Waals surface area contributed by atoms with E-state index in [9.17, 15) is 9.90 Å². The van der Waals surface area contributed by atoms with Gasteiger partial charge < -0.3 is 15.3 Å². The van der Waals surface area contributed by atoms with Crippen molar-refractivity contribution in [1.82, 2.24) is 15.1 Å². The summed E-state index contributed by atoms with van der Waals surface area (Å²) in [4.78, 5) is 16.5. The Kier molecular flexibility index (Phi) is 6.84. The van der Waals surface area contributed by atoms with Gasteiger partial charge in [0.05, 0.1) is 12.2 Å². The lowest BCUT2D eigenvalue weighted by Gasteiger charge is -2.49. The quantitative estimate of drug-likeness (QED) is 0.653. The molecule has 2 unspecified atom stereocenters. The summed E-state index contributed by atoms with van der Waals surface area (Å²) >= 11 is 0. The lowest BCUT2D eigenvalue weighted by atomic mass is 9.83. The molecule has 0 aromatic carbocycles. The van der Waals surface area contributed by atoms with Gasteiger partial charge in [0, 0.05) is 57.1 Å². The van der Waals surface area contributed by atoms with Gasteiger partial charge in [0.15, 0.2) is 0 Å². The van der Waals surface area contributed by atoms with Crippen LogP contribution in [0.25, 0.3) is 0 Å². The summed E-state index contributed by atoms with van der Waals surface area (Å²) in [5.74, 6) is 1.02. The van der Waals surface area contributed by atoms with Crippen LogP contribution in [-0.4, -0.2) is 71.2 Å². The van der Waals surface area contributed by atoms with Crippen LogP contribution in [0.2, 0.25) is 0 Å². The Bertz CT molecular complexity index is 494. The minimum absolute atomic E-state index is 0.0602. The Labute approximate surface area is 152 Å².